The molecule has 4 heterocycles. The molecule has 0 unspecified atom stereocenters. The first kappa shape index (κ1) is 18.7. The summed E-state index contributed by atoms with van der Waals surface area (Å²) >= 11 is 0. The lowest BCUT2D eigenvalue weighted by atomic mass is 10.0. The molecule has 0 aromatic carbocycles. The number of nitrogens with one attached hydrogen (secondary N) is 2. The zero-order valence-corrected chi connectivity index (χ0v) is 15.8. The molecule has 1 aliphatic heterocycles. The summed E-state index contributed by atoms with van der Waals surface area (Å²) in [6.07, 6.45) is 9.58. The molecule has 1 aliphatic rings. The predicted molar refractivity (Wildman–Crippen MR) is 104 cm³/mol. The number of pyridine rings is 1. The summed E-state index contributed by atoms with van der Waals surface area (Å²) in [5, 5.41) is 10.0. The molecule has 0 aliphatic carbocycles. The average molecular weight is 394 g/mol. The van der Waals surface area contributed by atoms with Crippen molar-refractivity contribution in [1.29, 1.82) is 0 Å². The van der Waals surface area contributed by atoms with Crippen LogP contribution in [0.5, 0.6) is 0 Å². The molecular formula is C20H22N6O3. The van der Waals surface area contributed by atoms with Gasteiger partial charge in [0.05, 0.1) is 11.8 Å². The van der Waals surface area contributed by atoms with Gasteiger partial charge in [0.25, 0.3) is 5.91 Å². The van der Waals surface area contributed by atoms with Gasteiger partial charge in [-0.15, -0.1) is 0 Å². The van der Waals surface area contributed by atoms with Gasteiger partial charge in [0.15, 0.2) is 5.82 Å². The number of rotatable bonds is 5. The fourth-order valence-corrected chi connectivity index (χ4v) is 3.31. The van der Waals surface area contributed by atoms with Crippen molar-refractivity contribution < 1.29 is 14.0 Å². The molecule has 2 N–H and O–H groups in total. The molecular weight excluding hydrogens is 372 g/mol. The van der Waals surface area contributed by atoms with Crippen LogP contribution in [-0.2, 0) is 6.54 Å². The fraction of sp³-hybridized carbons (Fsp3) is 0.300. The standard InChI is InChI=1S/C20H22N6O3/c27-19(16-5-11-29-14-16)25-9-3-17(4-10-25)24-20(28)22-13-15-2-7-21-18(12-15)26-8-1-6-23-26/h1-2,5-8,11-12,14,17H,3-4,9-10,13H2,(H2,22,24,28). The zero-order chi connectivity index (χ0) is 20.1. The van der Waals surface area contributed by atoms with Crippen LogP contribution in [-0.4, -0.2) is 50.7 Å². The Morgan fingerprint density at radius 2 is 2.07 bits per heavy atom. The number of likely N-dealkylation sites (tertiary alicyclic amines) is 1. The highest BCUT2D eigenvalue weighted by molar-refractivity contribution is 5.93. The minimum Gasteiger partial charge on any atom is -0.472 e. The van der Waals surface area contributed by atoms with E-state index >= 15 is 0 Å². The van der Waals surface area contributed by atoms with Crippen molar-refractivity contribution in [2.45, 2.75) is 25.4 Å². The molecule has 29 heavy (non-hydrogen) atoms. The molecule has 0 spiro atoms. The van der Waals surface area contributed by atoms with E-state index < -0.39 is 0 Å². The maximum absolute atomic E-state index is 12.3. The molecule has 1 saturated heterocycles. The summed E-state index contributed by atoms with van der Waals surface area (Å²) < 4.78 is 6.64. The van der Waals surface area contributed by atoms with Gasteiger partial charge in [0.1, 0.15) is 6.26 Å². The summed E-state index contributed by atoms with van der Waals surface area (Å²) in [6.45, 7) is 1.60. The lowest BCUT2D eigenvalue weighted by Gasteiger charge is -2.32. The summed E-state index contributed by atoms with van der Waals surface area (Å²) in [6, 6.07) is 7.05. The van der Waals surface area contributed by atoms with E-state index in [2.05, 4.69) is 20.7 Å². The summed E-state index contributed by atoms with van der Waals surface area (Å²) in [5.74, 6) is 0.664. The van der Waals surface area contributed by atoms with Crippen LogP contribution in [0.2, 0.25) is 0 Å². The molecule has 3 amide bonds. The van der Waals surface area contributed by atoms with Gasteiger partial charge in [-0.3, -0.25) is 4.79 Å². The van der Waals surface area contributed by atoms with Crippen molar-refractivity contribution in [3.05, 3.63) is 66.5 Å². The first-order valence-corrected chi connectivity index (χ1v) is 9.50. The number of piperidine rings is 1. The third-order valence-corrected chi connectivity index (χ3v) is 4.89. The summed E-state index contributed by atoms with van der Waals surface area (Å²) in [5.41, 5.74) is 1.49. The second-order valence-electron chi connectivity index (χ2n) is 6.88. The highest BCUT2D eigenvalue weighted by Gasteiger charge is 2.25. The highest BCUT2D eigenvalue weighted by Crippen LogP contribution is 2.14. The number of amides is 3. The first-order chi connectivity index (χ1) is 14.2. The van der Waals surface area contributed by atoms with E-state index in [4.69, 9.17) is 4.42 Å². The number of carbonyl (C=O) groups is 2. The van der Waals surface area contributed by atoms with Crippen molar-refractivity contribution in [2.75, 3.05) is 13.1 Å². The molecule has 9 nitrogen and oxygen atoms in total. The predicted octanol–water partition coefficient (Wildman–Crippen LogP) is 1.96. The van der Waals surface area contributed by atoms with Gasteiger partial charge >= 0.3 is 6.03 Å². The number of hydrogen-bond acceptors (Lipinski definition) is 5. The lowest BCUT2D eigenvalue weighted by molar-refractivity contribution is 0.0707. The second kappa shape index (κ2) is 8.59. The molecule has 3 aromatic heterocycles. The molecule has 0 radical (unpaired) electrons. The van der Waals surface area contributed by atoms with Crippen LogP contribution < -0.4 is 10.6 Å². The number of nitrogens with zero attached hydrogens (tertiary/aromatic N) is 4. The lowest BCUT2D eigenvalue weighted by Crippen LogP contribution is -2.49. The molecule has 150 valence electrons. The summed E-state index contributed by atoms with van der Waals surface area (Å²) in [7, 11) is 0. The van der Waals surface area contributed by atoms with Crippen molar-refractivity contribution in [3.63, 3.8) is 0 Å². The number of furan rings is 1. The Morgan fingerprint density at radius 1 is 1.21 bits per heavy atom. The summed E-state index contributed by atoms with van der Waals surface area (Å²) in [4.78, 5) is 30.6. The highest BCUT2D eigenvalue weighted by atomic mass is 16.3. The Bertz CT molecular complexity index is 947. The zero-order valence-electron chi connectivity index (χ0n) is 15.8. The largest absolute Gasteiger partial charge is 0.472 e. The van der Waals surface area contributed by atoms with Gasteiger partial charge in [0, 0.05) is 44.3 Å². The Morgan fingerprint density at radius 3 is 2.79 bits per heavy atom. The number of urea groups is 1. The number of carbonyl (C=O) groups excluding carboxylic acids is 2. The van der Waals surface area contributed by atoms with Crippen molar-refractivity contribution in [3.8, 4) is 5.82 Å². The monoisotopic (exact) mass is 394 g/mol. The van der Waals surface area contributed by atoms with E-state index in [0.29, 0.717) is 31.0 Å². The van der Waals surface area contributed by atoms with Crippen LogP contribution in [0.1, 0.15) is 28.8 Å². The van der Waals surface area contributed by atoms with E-state index in [1.807, 2.05) is 24.4 Å². The van der Waals surface area contributed by atoms with Gasteiger partial charge in [-0.25, -0.2) is 14.5 Å². The van der Waals surface area contributed by atoms with E-state index in [1.165, 1.54) is 12.5 Å². The topological polar surface area (TPSA) is 105 Å². The van der Waals surface area contributed by atoms with Gasteiger partial charge < -0.3 is 20.0 Å². The number of aromatic nitrogens is 3. The van der Waals surface area contributed by atoms with Crippen molar-refractivity contribution >= 4 is 11.9 Å². The van der Waals surface area contributed by atoms with Gasteiger partial charge in [-0.2, -0.15) is 5.10 Å². The SMILES string of the molecule is O=C(NCc1ccnc(-n2cccn2)c1)NC1CCN(C(=O)c2ccoc2)CC1. The van der Waals surface area contributed by atoms with Crippen molar-refractivity contribution in [1.82, 2.24) is 30.3 Å². The van der Waals surface area contributed by atoms with E-state index in [1.54, 1.807) is 28.0 Å². The average Bonchev–Trinajstić information content (AvgIpc) is 3.47. The second-order valence-corrected chi connectivity index (χ2v) is 6.88. The first-order valence-electron chi connectivity index (χ1n) is 9.50. The Balaban J connectivity index is 1.23. The molecule has 0 bridgehead atoms. The molecule has 1 fully saturated rings. The minimum absolute atomic E-state index is 0.0349. The van der Waals surface area contributed by atoms with Gasteiger partial charge in [-0.05, 0) is 42.7 Å². The molecule has 0 atom stereocenters. The third kappa shape index (κ3) is 4.63. The van der Waals surface area contributed by atoms with E-state index in [-0.39, 0.29) is 18.0 Å². The van der Waals surface area contributed by atoms with Crippen LogP contribution in [0.25, 0.3) is 5.82 Å². The normalized spacial score (nSPS) is 14.6. The fourth-order valence-electron chi connectivity index (χ4n) is 3.31. The van der Waals surface area contributed by atoms with Crippen LogP contribution in [0.15, 0.2) is 59.8 Å². The number of hydrogen-bond donors (Lipinski definition) is 2. The Hall–Kier alpha value is -3.62. The quantitative estimate of drug-likeness (QED) is 0.688. The van der Waals surface area contributed by atoms with E-state index in [0.717, 1.165) is 18.4 Å². The smallest absolute Gasteiger partial charge is 0.315 e. The third-order valence-electron chi connectivity index (χ3n) is 4.89. The molecule has 4 rings (SSSR count). The maximum atomic E-state index is 12.3. The molecule has 0 saturated carbocycles. The van der Waals surface area contributed by atoms with Crippen LogP contribution in [0.4, 0.5) is 4.79 Å². The Kier molecular flexibility index (Phi) is 5.55. The van der Waals surface area contributed by atoms with Crippen LogP contribution in [0, 0.1) is 0 Å². The minimum atomic E-state index is -0.220. The molecule has 9 heteroatoms. The van der Waals surface area contributed by atoms with Crippen LogP contribution >= 0.6 is 0 Å². The Labute approximate surface area is 167 Å². The maximum Gasteiger partial charge on any atom is 0.315 e. The van der Waals surface area contributed by atoms with Gasteiger partial charge in [0.2, 0.25) is 0 Å². The van der Waals surface area contributed by atoms with E-state index in [9.17, 15) is 9.59 Å². The van der Waals surface area contributed by atoms with Crippen LogP contribution in [0.3, 0.4) is 0 Å². The van der Waals surface area contributed by atoms with Gasteiger partial charge in [-0.1, -0.05) is 0 Å². The molecule has 3 aromatic rings. The van der Waals surface area contributed by atoms with Crippen molar-refractivity contribution in [2.24, 2.45) is 0 Å².